The van der Waals surface area contributed by atoms with Crippen molar-refractivity contribution in [2.24, 2.45) is 11.3 Å². The molecule has 2 bridgehead atoms. The van der Waals surface area contributed by atoms with E-state index < -0.39 is 6.29 Å². The van der Waals surface area contributed by atoms with Crippen molar-refractivity contribution in [2.75, 3.05) is 0 Å². The number of aliphatic hydroxyl groups excluding tert-OH is 1. The minimum Gasteiger partial charge on any atom is -0.368 e. The number of hydrogen-bond acceptors (Lipinski definition) is 2. The quantitative estimate of drug-likeness (QED) is 0.543. The van der Waals surface area contributed by atoms with E-state index in [9.17, 15) is 5.11 Å². The van der Waals surface area contributed by atoms with Crippen molar-refractivity contribution in [3.05, 3.63) is 12.2 Å². The largest absolute Gasteiger partial charge is 0.368 e. The standard InChI is InChI=1S/C12H20O2/c1-8-10-5-6-12(7-10,11(8,3)4)14-9(2)13/h9-10,13H,1,5-7H2,2-4H3. The van der Waals surface area contributed by atoms with Gasteiger partial charge in [0.05, 0.1) is 5.60 Å². The first-order valence-corrected chi connectivity index (χ1v) is 5.44. The van der Waals surface area contributed by atoms with E-state index in [0.29, 0.717) is 5.92 Å². The van der Waals surface area contributed by atoms with Gasteiger partial charge in [0, 0.05) is 5.41 Å². The maximum absolute atomic E-state index is 9.39. The highest BCUT2D eigenvalue weighted by atomic mass is 16.6. The van der Waals surface area contributed by atoms with Crippen LogP contribution in [0.2, 0.25) is 0 Å². The summed E-state index contributed by atoms with van der Waals surface area (Å²) >= 11 is 0. The summed E-state index contributed by atoms with van der Waals surface area (Å²) in [4.78, 5) is 0. The SMILES string of the molecule is C=C1C2CCC(OC(C)O)(C2)C1(C)C. The zero-order valence-corrected chi connectivity index (χ0v) is 9.34. The van der Waals surface area contributed by atoms with Crippen molar-refractivity contribution in [2.45, 2.75) is 51.9 Å². The molecule has 0 radical (unpaired) electrons. The van der Waals surface area contributed by atoms with Gasteiger partial charge in [0.15, 0.2) is 6.29 Å². The van der Waals surface area contributed by atoms with E-state index in [0.717, 1.165) is 12.8 Å². The van der Waals surface area contributed by atoms with Crippen LogP contribution in [0, 0.1) is 11.3 Å². The van der Waals surface area contributed by atoms with E-state index in [1.165, 1.54) is 12.0 Å². The Morgan fingerprint density at radius 2 is 2.21 bits per heavy atom. The lowest BCUT2D eigenvalue weighted by atomic mass is 9.70. The molecule has 0 aliphatic heterocycles. The fourth-order valence-corrected chi connectivity index (χ4v) is 3.26. The Morgan fingerprint density at radius 3 is 2.64 bits per heavy atom. The van der Waals surface area contributed by atoms with Gasteiger partial charge in [-0.25, -0.2) is 0 Å². The van der Waals surface area contributed by atoms with Gasteiger partial charge in [0.2, 0.25) is 0 Å². The van der Waals surface area contributed by atoms with Gasteiger partial charge in [0.1, 0.15) is 0 Å². The Hall–Kier alpha value is -0.340. The van der Waals surface area contributed by atoms with E-state index in [4.69, 9.17) is 4.74 Å². The normalized spacial score (nSPS) is 41.7. The summed E-state index contributed by atoms with van der Waals surface area (Å²) in [6, 6.07) is 0. The van der Waals surface area contributed by atoms with E-state index in [1.54, 1.807) is 6.92 Å². The van der Waals surface area contributed by atoms with Crippen LogP contribution < -0.4 is 0 Å². The molecule has 0 aromatic heterocycles. The minimum absolute atomic E-state index is 0.0207. The first kappa shape index (κ1) is 10.2. The Kier molecular flexibility index (Phi) is 2.06. The lowest BCUT2D eigenvalue weighted by molar-refractivity contribution is -0.202. The Balaban J connectivity index is 2.30. The molecule has 2 nitrogen and oxygen atoms in total. The molecule has 1 N–H and O–H groups in total. The molecule has 3 unspecified atom stereocenters. The van der Waals surface area contributed by atoms with E-state index >= 15 is 0 Å². The van der Waals surface area contributed by atoms with E-state index in [-0.39, 0.29) is 11.0 Å². The number of hydrogen-bond donors (Lipinski definition) is 1. The number of fused-ring (bicyclic) bond motifs is 2. The predicted octanol–water partition coefficient (Wildman–Crippen LogP) is 2.48. The van der Waals surface area contributed by atoms with Gasteiger partial charge in [-0.15, -0.1) is 0 Å². The van der Waals surface area contributed by atoms with Crippen molar-refractivity contribution in [1.29, 1.82) is 0 Å². The Labute approximate surface area is 86.0 Å². The molecule has 0 aromatic rings. The summed E-state index contributed by atoms with van der Waals surface area (Å²) < 4.78 is 5.77. The zero-order valence-electron chi connectivity index (χ0n) is 9.34. The molecule has 2 saturated carbocycles. The average Bonchev–Trinajstić information content (AvgIpc) is 2.52. The van der Waals surface area contributed by atoms with Crippen LogP contribution in [0.25, 0.3) is 0 Å². The fraction of sp³-hybridized carbons (Fsp3) is 0.833. The maximum Gasteiger partial charge on any atom is 0.152 e. The highest BCUT2D eigenvalue weighted by Gasteiger charge is 2.60. The van der Waals surface area contributed by atoms with E-state index in [2.05, 4.69) is 20.4 Å². The molecule has 0 amide bonds. The molecule has 2 aliphatic rings. The molecule has 0 spiro atoms. The molecular formula is C12H20O2. The second-order valence-electron chi connectivity index (χ2n) is 5.30. The Bertz CT molecular complexity index is 267. The summed E-state index contributed by atoms with van der Waals surface area (Å²) in [6.45, 7) is 10.3. The molecule has 14 heavy (non-hydrogen) atoms. The van der Waals surface area contributed by atoms with Gasteiger partial charge in [-0.3, -0.25) is 0 Å². The predicted molar refractivity (Wildman–Crippen MR) is 55.8 cm³/mol. The zero-order chi connectivity index (χ0) is 10.6. The maximum atomic E-state index is 9.39. The molecule has 2 rings (SSSR count). The summed E-state index contributed by atoms with van der Waals surface area (Å²) in [5, 5.41) is 9.39. The van der Waals surface area contributed by atoms with Gasteiger partial charge in [-0.05, 0) is 32.1 Å². The summed E-state index contributed by atoms with van der Waals surface area (Å²) in [5.41, 5.74) is 1.18. The smallest absolute Gasteiger partial charge is 0.152 e. The van der Waals surface area contributed by atoms with Crippen molar-refractivity contribution in [3.8, 4) is 0 Å². The molecule has 2 heteroatoms. The summed E-state index contributed by atoms with van der Waals surface area (Å²) in [5.74, 6) is 0.615. The van der Waals surface area contributed by atoms with Crippen LogP contribution in [0.3, 0.4) is 0 Å². The fourth-order valence-electron chi connectivity index (χ4n) is 3.26. The lowest BCUT2D eigenvalue weighted by Gasteiger charge is -2.43. The van der Waals surface area contributed by atoms with Crippen LogP contribution in [0.15, 0.2) is 12.2 Å². The van der Waals surface area contributed by atoms with Gasteiger partial charge in [0.25, 0.3) is 0 Å². The molecule has 0 saturated heterocycles. The van der Waals surface area contributed by atoms with Gasteiger partial charge < -0.3 is 9.84 Å². The minimum atomic E-state index is -0.668. The molecule has 80 valence electrons. The Morgan fingerprint density at radius 1 is 1.57 bits per heavy atom. The number of aliphatic hydroxyl groups is 1. The van der Waals surface area contributed by atoms with Crippen molar-refractivity contribution < 1.29 is 9.84 Å². The van der Waals surface area contributed by atoms with Gasteiger partial charge >= 0.3 is 0 Å². The number of ether oxygens (including phenoxy) is 1. The third-order valence-electron chi connectivity index (χ3n) is 4.30. The molecule has 0 heterocycles. The van der Waals surface area contributed by atoms with Crippen molar-refractivity contribution in [1.82, 2.24) is 0 Å². The third kappa shape index (κ3) is 1.10. The lowest BCUT2D eigenvalue weighted by Crippen LogP contribution is -2.45. The van der Waals surface area contributed by atoms with Crippen LogP contribution in [0.5, 0.6) is 0 Å². The highest BCUT2D eigenvalue weighted by molar-refractivity contribution is 5.29. The monoisotopic (exact) mass is 196 g/mol. The van der Waals surface area contributed by atoms with Gasteiger partial charge in [-0.1, -0.05) is 26.0 Å². The molecule has 3 atom stereocenters. The summed E-state index contributed by atoms with van der Waals surface area (Å²) in [6.07, 6.45) is 2.62. The summed E-state index contributed by atoms with van der Waals surface area (Å²) in [7, 11) is 0. The highest BCUT2D eigenvalue weighted by Crippen LogP contribution is 2.62. The van der Waals surface area contributed by atoms with Crippen LogP contribution in [-0.2, 0) is 4.74 Å². The second-order valence-corrected chi connectivity index (χ2v) is 5.30. The molecule has 2 fully saturated rings. The van der Waals surface area contributed by atoms with Crippen LogP contribution in [-0.4, -0.2) is 17.0 Å². The number of rotatable bonds is 2. The second kappa shape index (κ2) is 2.83. The third-order valence-corrected chi connectivity index (χ3v) is 4.30. The van der Waals surface area contributed by atoms with Crippen LogP contribution in [0.4, 0.5) is 0 Å². The molecule has 0 aromatic carbocycles. The van der Waals surface area contributed by atoms with Crippen molar-refractivity contribution in [3.63, 3.8) is 0 Å². The van der Waals surface area contributed by atoms with Crippen molar-refractivity contribution >= 4 is 0 Å². The topological polar surface area (TPSA) is 29.5 Å². The molecule has 2 aliphatic carbocycles. The molecular weight excluding hydrogens is 176 g/mol. The van der Waals surface area contributed by atoms with E-state index in [1.807, 2.05) is 0 Å². The van der Waals surface area contributed by atoms with Gasteiger partial charge in [-0.2, -0.15) is 0 Å². The van der Waals surface area contributed by atoms with Crippen LogP contribution in [0.1, 0.15) is 40.0 Å². The van der Waals surface area contributed by atoms with Crippen LogP contribution >= 0.6 is 0 Å². The first-order chi connectivity index (χ1) is 6.39. The first-order valence-electron chi connectivity index (χ1n) is 5.44. The average molecular weight is 196 g/mol.